The molecule has 4 rings (SSSR count). The van der Waals surface area contributed by atoms with Crippen LogP contribution in [0.15, 0.2) is 12.1 Å². The lowest BCUT2D eigenvalue weighted by molar-refractivity contribution is 0.0385. The van der Waals surface area contributed by atoms with E-state index < -0.39 is 6.09 Å². The summed E-state index contributed by atoms with van der Waals surface area (Å²) in [6.07, 6.45) is 3.47. The van der Waals surface area contributed by atoms with Gasteiger partial charge in [0.2, 0.25) is 11.8 Å². The third kappa shape index (κ3) is 4.19. The first kappa shape index (κ1) is 19.2. The molecule has 5 N–H and O–H groups in total. The molecule has 156 valence electrons. The van der Waals surface area contributed by atoms with E-state index in [1.807, 2.05) is 0 Å². The lowest BCUT2D eigenvalue weighted by Crippen LogP contribution is -2.56. The summed E-state index contributed by atoms with van der Waals surface area (Å²) in [5, 5.41) is 31.9. The van der Waals surface area contributed by atoms with Crippen LogP contribution in [0.1, 0.15) is 37.8 Å². The fraction of sp³-hybridized carbons (Fsp3) is 0.556. The Bertz CT molecular complexity index is 860. The molecule has 2 fully saturated rings. The molecule has 2 bridgehead atoms. The maximum Gasteiger partial charge on any atom is 0.407 e. The summed E-state index contributed by atoms with van der Waals surface area (Å²) >= 11 is 0. The third-order valence-corrected chi connectivity index (χ3v) is 5.50. The van der Waals surface area contributed by atoms with Gasteiger partial charge in [-0.05, 0) is 32.1 Å². The van der Waals surface area contributed by atoms with E-state index in [1.54, 1.807) is 17.0 Å². The van der Waals surface area contributed by atoms with Gasteiger partial charge < -0.3 is 30.5 Å². The van der Waals surface area contributed by atoms with Gasteiger partial charge in [-0.3, -0.25) is 5.10 Å². The SMILES string of the molecule is COc1cc(Nc2cc(CO)[nH]n2)nc(NC2C[C@H]3CCC[C@@H](C2)N3C(=O)O)n1. The van der Waals surface area contributed by atoms with Gasteiger partial charge in [0, 0.05) is 30.3 Å². The number of nitrogens with one attached hydrogen (secondary N) is 3. The second kappa shape index (κ2) is 8.11. The Morgan fingerprint density at radius 3 is 2.66 bits per heavy atom. The minimum absolute atomic E-state index is 0.0293. The summed E-state index contributed by atoms with van der Waals surface area (Å²) < 4.78 is 5.29. The van der Waals surface area contributed by atoms with Crippen molar-refractivity contribution in [2.75, 3.05) is 17.7 Å². The number of hydrogen-bond acceptors (Lipinski definition) is 8. The van der Waals surface area contributed by atoms with Crippen LogP contribution in [-0.2, 0) is 6.61 Å². The number of carboxylic acid groups (broad SMARTS) is 1. The summed E-state index contributed by atoms with van der Waals surface area (Å²) in [5.74, 6) is 1.83. The molecule has 0 aromatic carbocycles. The average molecular weight is 403 g/mol. The Kier molecular flexibility index (Phi) is 5.38. The van der Waals surface area contributed by atoms with Crippen LogP contribution in [0.5, 0.6) is 5.88 Å². The number of hydrogen-bond donors (Lipinski definition) is 5. The van der Waals surface area contributed by atoms with E-state index in [1.165, 1.54) is 7.11 Å². The minimum atomic E-state index is -0.830. The topological polar surface area (TPSA) is 149 Å². The molecule has 0 saturated carbocycles. The van der Waals surface area contributed by atoms with Crippen molar-refractivity contribution in [3.05, 3.63) is 17.8 Å². The van der Waals surface area contributed by atoms with Crippen LogP contribution in [-0.4, -0.2) is 66.6 Å². The van der Waals surface area contributed by atoms with E-state index in [0.29, 0.717) is 29.2 Å². The molecule has 11 nitrogen and oxygen atoms in total. The Hall–Kier alpha value is -3.08. The van der Waals surface area contributed by atoms with Crippen molar-refractivity contribution < 1.29 is 19.7 Å². The van der Waals surface area contributed by atoms with Crippen molar-refractivity contribution in [2.24, 2.45) is 0 Å². The molecule has 2 aliphatic rings. The van der Waals surface area contributed by atoms with Crippen LogP contribution in [0.2, 0.25) is 0 Å². The molecule has 1 amide bonds. The lowest BCUT2D eigenvalue weighted by Gasteiger charge is -2.47. The molecule has 11 heteroatoms. The second-order valence-electron chi connectivity index (χ2n) is 7.42. The fourth-order valence-corrected chi connectivity index (χ4v) is 4.29. The van der Waals surface area contributed by atoms with E-state index in [4.69, 9.17) is 9.84 Å². The van der Waals surface area contributed by atoms with Gasteiger partial charge in [0.25, 0.3) is 0 Å². The number of fused-ring (bicyclic) bond motifs is 2. The monoisotopic (exact) mass is 403 g/mol. The molecule has 2 aromatic rings. The zero-order chi connectivity index (χ0) is 20.4. The molecule has 0 radical (unpaired) electrons. The van der Waals surface area contributed by atoms with Gasteiger partial charge in [-0.1, -0.05) is 0 Å². The minimum Gasteiger partial charge on any atom is -0.481 e. The molecule has 2 aromatic heterocycles. The number of aliphatic hydroxyl groups excluding tert-OH is 1. The van der Waals surface area contributed by atoms with Gasteiger partial charge in [0.1, 0.15) is 5.82 Å². The number of nitrogens with zero attached hydrogens (tertiary/aromatic N) is 4. The first-order valence-corrected chi connectivity index (χ1v) is 9.68. The first-order valence-electron chi connectivity index (χ1n) is 9.68. The molecule has 1 unspecified atom stereocenters. The van der Waals surface area contributed by atoms with E-state index in [0.717, 1.165) is 32.1 Å². The third-order valence-electron chi connectivity index (χ3n) is 5.50. The number of carbonyl (C=O) groups is 1. The molecule has 0 spiro atoms. The van der Waals surface area contributed by atoms with Crippen molar-refractivity contribution in [3.63, 3.8) is 0 Å². The van der Waals surface area contributed by atoms with Crippen LogP contribution >= 0.6 is 0 Å². The van der Waals surface area contributed by atoms with E-state index >= 15 is 0 Å². The summed E-state index contributed by atoms with van der Waals surface area (Å²) in [4.78, 5) is 22.1. The largest absolute Gasteiger partial charge is 0.481 e. The number of aromatic nitrogens is 4. The number of piperidine rings is 2. The lowest BCUT2D eigenvalue weighted by atomic mass is 9.82. The van der Waals surface area contributed by atoms with Crippen molar-refractivity contribution in [1.82, 2.24) is 25.1 Å². The van der Waals surface area contributed by atoms with Gasteiger partial charge in [-0.25, -0.2) is 4.79 Å². The predicted octanol–water partition coefficient (Wildman–Crippen LogP) is 1.92. The Balaban J connectivity index is 1.49. The van der Waals surface area contributed by atoms with Gasteiger partial charge >= 0.3 is 6.09 Å². The van der Waals surface area contributed by atoms with E-state index in [2.05, 4.69) is 30.8 Å². The molecule has 4 heterocycles. The van der Waals surface area contributed by atoms with Gasteiger partial charge in [0.15, 0.2) is 5.82 Å². The van der Waals surface area contributed by atoms with Gasteiger partial charge in [-0.2, -0.15) is 15.1 Å². The van der Waals surface area contributed by atoms with Crippen LogP contribution in [0.25, 0.3) is 0 Å². The summed E-state index contributed by atoms with van der Waals surface area (Å²) in [5.41, 5.74) is 0.587. The fourth-order valence-electron chi connectivity index (χ4n) is 4.29. The number of methoxy groups -OCH3 is 1. The van der Waals surface area contributed by atoms with Gasteiger partial charge in [0.05, 0.1) is 19.4 Å². The zero-order valence-electron chi connectivity index (χ0n) is 16.1. The maximum atomic E-state index is 11.6. The highest BCUT2D eigenvalue weighted by molar-refractivity contribution is 5.66. The standard InChI is InChI=1S/C18H25N7O4/c1-29-16-8-14(20-15-7-11(9-26)23-24-15)21-17(22-16)19-10-5-12-3-2-4-13(6-10)25(12)18(27)28/h7-8,10,12-13,26H,2-6,9H2,1H3,(H,27,28)(H3,19,20,21,22,23,24)/t10?,12-,13+. The average Bonchev–Trinajstić information content (AvgIpc) is 3.14. The number of anilines is 3. The number of aliphatic hydroxyl groups is 1. The van der Waals surface area contributed by atoms with E-state index in [-0.39, 0.29) is 24.7 Å². The predicted molar refractivity (Wildman–Crippen MR) is 104 cm³/mol. The Morgan fingerprint density at radius 2 is 2.03 bits per heavy atom. The number of aromatic amines is 1. The maximum absolute atomic E-state index is 11.6. The first-order chi connectivity index (χ1) is 14.1. The highest BCUT2D eigenvalue weighted by Gasteiger charge is 2.41. The number of ether oxygens (including phenoxy) is 1. The van der Waals surface area contributed by atoms with Gasteiger partial charge in [-0.15, -0.1) is 0 Å². The van der Waals surface area contributed by atoms with Crippen molar-refractivity contribution in [3.8, 4) is 5.88 Å². The number of amides is 1. The normalized spacial score (nSPS) is 23.5. The highest BCUT2D eigenvalue weighted by Crippen LogP contribution is 2.35. The smallest absolute Gasteiger partial charge is 0.407 e. The molecule has 29 heavy (non-hydrogen) atoms. The Labute approximate surface area is 167 Å². The summed E-state index contributed by atoms with van der Waals surface area (Å²) in [7, 11) is 1.53. The van der Waals surface area contributed by atoms with Crippen LogP contribution in [0.3, 0.4) is 0 Å². The van der Waals surface area contributed by atoms with Crippen molar-refractivity contribution in [2.45, 2.75) is 56.8 Å². The molecule has 3 atom stereocenters. The highest BCUT2D eigenvalue weighted by atomic mass is 16.5. The molecular weight excluding hydrogens is 378 g/mol. The second-order valence-corrected chi connectivity index (χ2v) is 7.42. The number of rotatable bonds is 6. The van der Waals surface area contributed by atoms with Crippen LogP contribution in [0, 0.1) is 0 Å². The van der Waals surface area contributed by atoms with E-state index in [9.17, 15) is 9.90 Å². The molecular formula is C18H25N7O4. The summed E-state index contributed by atoms with van der Waals surface area (Å²) in [6, 6.07) is 3.49. The van der Waals surface area contributed by atoms with Crippen LogP contribution < -0.4 is 15.4 Å². The Morgan fingerprint density at radius 1 is 1.28 bits per heavy atom. The molecule has 0 aliphatic carbocycles. The van der Waals surface area contributed by atoms with Crippen molar-refractivity contribution >= 4 is 23.7 Å². The van der Waals surface area contributed by atoms with Crippen molar-refractivity contribution in [1.29, 1.82) is 0 Å². The zero-order valence-corrected chi connectivity index (χ0v) is 16.1. The number of H-pyrrole nitrogens is 1. The van der Waals surface area contributed by atoms with Crippen LogP contribution in [0.4, 0.5) is 22.4 Å². The molecule has 2 saturated heterocycles. The quantitative estimate of drug-likeness (QED) is 0.487. The summed E-state index contributed by atoms with van der Waals surface area (Å²) in [6.45, 7) is -0.133. The molecule has 2 aliphatic heterocycles.